The average molecular weight is 520 g/mol. The van der Waals surface area contributed by atoms with Gasteiger partial charge in [0.05, 0.1) is 12.5 Å². The molecule has 1 fully saturated rings. The number of amides is 2. The molecular formula is C30H34FN3O2S. The van der Waals surface area contributed by atoms with E-state index in [1.165, 1.54) is 33.7 Å². The SMILES string of the molecule is Cc1ccccc1[C@@H]1c2ccsc2CCN1CCC(=O)N1CCCN(C(=O)Cc2ccc(F)cc2)CC1. The molecule has 194 valence electrons. The first-order chi connectivity index (χ1) is 18.0. The van der Waals surface area contributed by atoms with Crippen LogP contribution in [0.4, 0.5) is 4.39 Å². The summed E-state index contributed by atoms with van der Waals surface area (Å²) in [6.07, 6.45) is 2.53. The Balaban J connectivity index is 1.18. The first kappa shape index (κ1) is 25.6. The zero-order chi connectivity index (χ0) is 25.8. The first-order valence-corrected chi connectivity index (χ1v) is 14.0. The number of carbonyl (C=O) groups excluding carboxylic acids is 2. The van der Waals surface area contributed by atoms with Gasteiger partial charge >= 0.3 is 0 Å². The Morgan fingerprint density at radius 3 is 2.38 bits per heavy atom. The van der Waals surface area contributed by atoms with Crippen LogP contribution in [0, 0.1) is 12.7 Å². The van der Waals surface area contributed by atoms with Gasteiger partial charge < -0.3 is 9.80 Å². The highest BCUT2D eigenvalue weighted by molar-refractivity contribution is 7.10. The van der Waals surface area contributed by atoms with Crippen LogP contribution in [-0.2, 0) is 22.4 Å². The zero-order valence-electron chi connectivity index (χ0n) is 21.4. The minimum Gasteiger partial charge on any atom is -0.341 e. The zero-order valence-corrected chi connectivity index (χ0v) is 22.2. The number of aryl methyl sites for hydroxylation is 1. The Bertz CT molecular complexity index is 1240. The predicted molar refractivity (Wildman–Crippen MR) is 145 cm³/mol. The van der Waals surface area contributed by atoms with Crippen LogP contribution < -0.4 is 0 Å². The van der Waals surface area contributed by atoms with Crippen LogP contribution in [0.5, 0.6) is 0 Å². The molecule has 2 aliphatic rings. The highest BCUT2D eigenvalue weighted by Gasteiger charge is 2.31. The van der Waals surface area contributed by atoms with Crippen LogP contribution in [0.1, 0.15) is 46.0 Å². The van der Waals surface area contributed by atoms with E-state index < -0.39 is 0 Å². The van der Waals surface area contributed by atoms with Crippen LogP contribution >= 0.6 is 11.3 Å². The fourth-order valence-electron chi connectivity index (χ4n) is 5.57. The lowest BCUT2D eigenvalue weighted by Crippen LogP contribution is -2.41. The van der Waals surface area contributed by atoms with E-state index in [0.717, 1.165) is 31.5 Å². The topological polar surface area (TPSA) is 43.9 Å². The molecule has 37 heavy (non-hydrogen) atoms. The molecule has 0 radical (unpaired) electrons. The maximum absolute atomic E-state index is 13.3. The van der Waals surface area contributed by atoms with Crippen LogP contribution in [0.15, 0.2) is 60.0 Å². The molecule has 5 nitrogen and oxygen atoms in total. The number of hydrogen-bond donors (Lipinski definition) is 0. The molecule has 0 saturated carbocycles. The Labute approximate surface area is 222 Å². The van der Waals surface area contributed by atoms with E-state index in [0.29, 0.717) is 32.6 Å². The van der Waals surface area contributed by atoms with E-state index in [4.69, 9.17) is 0 Å². The van der Waals surface area contributed by atoms with Gasteiger partial charge in [-0.1, -0.05) is 36.4 Å². The third-order valence-electron chi connectivity index (χ3n) is 7.63. The van der Waals surface area contributed by atoms with Crippen molar-refractivity contribution in [3.63, 3.8) is 0 Å². The van der Waals surface area contributed by atoms with Crippen molar-refractivity contribution in [1.82, 2.24) is 14.7 Å². The summed E-state index contributed by atoms with van der Waals surface area (Å²) in [5.74, 6) is -0.111. The van der Waals surface area contributed by atoms with E-state index in [1.807, 2.05) is 21.1 Å². The molecule has 0 N–H and O–H groups in total. The Hall–Kier alpha value is -3.03. The second kappa shape index (κ2) is 11.6. The van der Waals surface area contributed by atoms with E-state index in [2.05, 4.69) is 47.5 Å². The van der Waals surface area contributed by atoms with Crippen molar-refractivity contribution >= 4 is 23.2 Å². The number of benzene rings is 2. The Morgan fingerprint density at radius 1 is 0.892 bits per heavy atom. The molecule has 1 saturated heterocycles. The third kappa shape index (κ3) is 5.94. The van der Waals surface area contributed by atoms with Gasteiger partial charge in [0.1, 0.15) is 5.82 Å². The van der Waals surface area contributed by atoms with Gasteiger partial charge in [0.15, 0.2) is 0 Å². The number of carbonyl (C=O) groups is 2. The average Bonchev–Trinajstić information content (AvgIpc) is 3.24. The molecule has 0 unspecified atom stereocenters. The van der Waals surface area contributed by atoms with Gasteiger partial charge in [-0.25, -0.2) is 4.39 Å². The lowest BCUT2D eigenvalue weighted by Gasteiger charge is -2.37. The third-order valence-corrected chi connectivity index (χ3v) is 8.63. The number of halogens is 1. The molecular weight excluding hydrogens is 485 g/mol. The number of hydrogen-bond acceptors (Lipinski definition) is 4. The molecule has 2 aliphatic heterocycles. The summed E-state index contributed by atoms with van der Waals surface area (Å²) in [7, 11) is 0. The van der Waals surface area contributed by atoms with Gasteiger partial charge in [-0.05, 0) is 65.6 Å². The quantitative estimate of drug-likeness (QED) is 0.468. The maximum atomic E-state index is 13.3. The lowest BCUT2D eigenvalue weighted by molar-refractivity contribution is -0.133. The molecule has 3 heterocycles. The molecule has 5 rings (SSSR count). The van der Waals surface area contributed by atoms with Crippen molar-refractivity contribution in [3.05, 3.63) is 92.9 Å². The highest BCUT2D eigenvalue weighted by atomic mass is 32.1. The van der Waals surface area contributed by atoms with Crippen molar-refractivity contribution in [2.24, 2.45) is 0 Å². The standard InChI is InChI=1S/C30H34FN3O2S/c1-22-5-2-3-6-25(22)30-26-13-20-37-27(26)11-16-34(30)17-12-28(35)32-14-4-15-33(19-18-32)29(36)21-23-7-9-24(31)10-8-23/h2-3,5-10,13,20,30H,4,11-12,14-19,21H2,1H3/t30-/m1/s1. The van der Waals surface area contributed by atoms with Crippen LogP contribution in [-0.4, -0.2) is 65.8 Å². The highest BCUT2D eigenvalue weighted by Crippen LogP contribution is 2.38. The van der Waals surface area contributed by atoms with Crippen LogP contribution in [0.3, 0.4) is 0 Å². The molecule has 2 amide bonds. The summed E-state index contributed by atoms with van der Waals surface area (Å²) >= 11 is 1.83. The van der Waals surface area contributed by atoms with Crippen molar-refractivity contribution in [3.8, 4) is 0 Å². The minimum absolute atomic E-state index is 0.0295. The predicted octanol–water partition coefficient (Wildman–Crippen LogP) is 4.84. The summed E-state index contributed by atoms with van der Waals surface area (Å²) < 4.78 is 13.2. The van der Waals surface area contributed by atoms with Crippen molar-refractivity contribution in [2.45, 2.75) is 38.6 Å². The number of nitrogens with zero attached hydrogens (tertiary/aromatic N) is 3. The lowest BCUT2D eigenvalue weighted by atomic mass is 9.90. The summed E-state index contributed by atoms with van der Waals surface area (Å²) in [5, 5.41) is 2.19. The summed E-state index contributed by atoms with van der Waals surface area (Å²) in [5.41, 5.74) is 4.78. The van der Waals surface area contributed by atoms with E-state index in [1.54, 1.807) is 12.1 Å². The van der Waals surface area contributed by atoms with Crippen molar-refractivity contribution < 1.29 is 14.0 Å². The Kier molecular flexibility index (Phi) is 8.01. The molecule has 1 aromatic heterocycles. The summed E-state index contributed by atoms with van der Waals surface area (Å²) in [4.78, 5) is 33.8. The molecule has 3 aromatic rings. The second-order valence-corrected chi connectivity index (χ2v) is 11.0. The van der Waals surface area contributed by atoms with Gasteiger partial charge in [0.25, 0.3) is 0 Å². The van der Waals surface area contributed by atoms with Gasteiger partial charge in [0.2, 0.25) is 11.8 Å². The smallest absolute Gasteiger partial charge is 0.227 e. The van der Waals surface area contributed by atoms with Gasteiger partial charge in [-0.3, -0.25) is 14.5 Å². The van der Waals surface area contributed by atoms with Gasteiger partial charge in [-0.15, -0.1) is 11.3 Å². The number of fused-ring (bicyclic) bond motifs is 1. The van der Waals surface area contributed by atoms with E-state index in [9.17, 15) is 14.0 Å². The number of rotatable bonds is 6. The van der Waals surface area contributed by atoms with Gasteiger partial charge in [-0.2, -0.15) is 0 Å². The minimum atomic E-state index is -0.300. The Morgan fingerprint density at radius 2 is 1.62 bits per heavy atom. The summed E-state index contributed by atoms with van der Waals surface area (Å²) in [6, 6.07) is 17.1. The number of thiophene rings is 1. The van der Waals surface area contributed by atoms with Crippen molar-refractivity contribution in [2.75, 3.05) is 39.3 Å². The fraction of sp³-hybridized carbons (Fsp3) is 0.400. The van der Waals surface area contributed by atoms with Crippen LogP contribution in [0.25, 0.3) is 0 Å². The molecule has 0 spiro atoms. The van der Waals surface area contributed by atoms with Crippen LogP contribution in [0.2, 0.25) is 0 Å². The van der Waals surface area contributed by atoms with Gasteiger partial charge in [0, 0.05) is 50.6 Å². The maximum Gasteiger partial charge on any atom is 0.227 e. The van der Waals surface area contributed by atoms with E-state index in [-0.39, 0.29) is 30.1 Å². The van der Waals surface area contributed by atoms with E-state index >= 15 is 0 Å². The summed E-state index contributed by atoms with van der Waals surface area (Å²) in [6.45, 7) is 6.26. The molecule has 0 bridgehead atoms. The van der Waals surface area contributed by atoms with Crippen molar-refractivity contribution in [1.29, 1.82) is 0 Å². The molecule has 2 aromatic carbocycles. The first-order valence-electron chi connectivity index (χ1n) is 13.2. The second-order valence-electron chi connectivity index (χ2n) is 10.0. The normalized spacial score (nSPS) is 18.4. The largest absolute Gasteiger partial charge is 0.341 e. The monoisotopic (exact) mass is 519 g/mol. The molecule has 1 atom stereocenters. The molecule has 0 aliphatic carbocycles. The molecule has 7 heteroatoms. The fourth-order valence-corrected chi connectivity index (χ4v) is 6.47.